The van der Waals surface area contributed by atoms with Crippen molar-refractivity contribution in [3.8, 4) is 11.5 Å². The van der Waals surface area contributed by atoms with Crippen molar-refractivity contribution in [1.29, 1.82) is 0 Å². The summed E-state index contributed by atoms with van der Waals surface area (Å²) in [4.78, 5) is 6.76. The van der Waals surface area contributed by atoms with Crippen LogP contribution in [0.5, 0.6) is 0 Å². The predicted molar refractivity (Wildman–Crippen MR) is 94.5 cm³/mol. The van der Waals surface area contributed by atoms with Gasteiger partial charge in [-0.05, 0) is 30.4 Å². The van der Waals surface area contributed by atoms with E-state index >= 15 is 0 Å². The first-order valence-corrected chi connectivity index (χ1v) is 8.94. The van der Waals surface area contributed by atoms with Gasteiger partial charge in [-0.1, -0.05) is 35.5 Å². The number of thiophene rings is 1. The Morgan fingerprint density at radius 3 is 2.75 bits per heavy atom. The monoisotopic (exact) mass is 343 g/mol. The molecule has 0 saturated carbocycles. The standard InChI is InChI=1S/C18H21N3O2S/c1-14(7-9-22)21(11-15-5-3-2-4-6-15)12-17-19-18(23-20-17)16-8-10-24-13-16/h2-6,8,10,13-14,22H,7,9,11-12H2,1H3. The number of aromatic nitrogens is 2. The van der Waals surface area contributed by atoms with Crippen LogP contribution in [0.2, 0.25) is 0 Å². The second kappa shape index (κ2) is 8.19. The zero-order chi connectivity index (χ0) is 16.8. The van der Waals surface area contributed by atoms with E-state index in [1.165, 1.54) is 5.56 Å². The number of aliphatic hydroxyl groups is 1. The molecule has 2 aromatic heterocycles. The average molecular weight is 343 g/mol. The predicted octanol–water partition coefficient (Wildman–Crippen LogP) is 3.57. The number of rotatable bonds is 8. The summed E-state index contributed by atoms with van der Waals surface area (Å²) in [6.07, 6.45) is 0.710. The van der Waals surface area contributed by atoms with Gasteiger partial charge < -0.3 is 9.63 Å². The molecular formula is C18H21N3O2S. The van der Waals surface area contributed by atoms with Gasteiger partial charge in [0.25, 0.3) is 5.89 Å². The minimum atomic E-state index is 0.166. The molecule has 0 aliphatic carbocycles. The Morgan fingerprint density at radius 1 is 1.21 bits per heavy atom. The van der Waals surface area contributed by atoms with Gasteiger partial charge in [-0.3, -0.25) is 4.90 Å². The molecular weight excluding hydrogens is 322 g/mol. The van der Waals surface area contributed by atoms with E-state index in [0.29, 0.717) is 24.7 Å². The zero-order valence-corrected chi connectivity index (χ0v) is 14.4. The van der Waals surface area contributed by atoms with Crippen LogP contribution in [0.25, 0.3) is 11.5 Å². The van der Waals surface area contributed by atoms with Crippen molar-refractivity contribution in [1.82, 2.24) is 15.0 Å². The lowest BCUT2D eigenvalue weighted by Crippen LogP contribution is -2.33. The molecule has 0 aliphatic rings. The lowest BCUT2D eigenvalue weighted by molar-refractivity contribution is 0.149. The van der Waals surface area contributed by atoms with E-state index in [0.717, 1.165) is 12.1 Å². The number of hydrogen-bond acceptors (Lipinski definition) is 6. The molecule has 1 atom stereocenters. The molecule has 3 aromatic rings. The van der Waals surface area contributed by atoms with Gasteiger partial charge in [-0.15, -0.1) is 0 Å². The zero-order valence-electron chi connectivity index (χ0n) is 13.6. The Balaban J connectivity index is 1.73. The maximum absolute atomic E-state index is 9.27. The average Bonchev–Trinajstić information content (AvgIpc) is 3.27. The van der Waals surface area contributed by atoms with Crippen molar-refractivity contribution in [2.75, 3.05) is 6.61 Å². The van der Waals surface area contributed by atoms with Crippen molar-refractivity contribution < 1.29 is 9.63 Å². The van der Waals surface area contributed by atoms with Crippen molar-refractivity contribution >= 4 is 11.3 Å². The molecule has 126 valence electrons. The van der Waals surface area contributed by atoms with Crippen LogP contribution in [-0.2, 0) is 13.1 Å². The fourth-order valence-electron chi connectivity index (χ4n) is 2.56. The third kappa shape index (κ3) is 4.29. The van der Waals surface area contributed by atoms with Crippen LogP contribution >= 0.6 is 11.3 Å². The van der Waals surface area contributed by atoms with Gasteiger partial charge in [0.15, 0.2) is 5.82 Å². The molecule has 1 N–H and O–H groups in total. The quantitative estimate of drug-likeness (QED) is 0.677. The maximum atomic E-state index is 9.27. The molecule has 1 unspecified atom stereocenters. The van der Waals surface area contributed by atoms with Crippen LogP contribution in [-0.4, -0.2) is 32.8 Å². The Kier molecular flexibility index (Phi) is 5.74. The third-order valence-electron chi connectivity index (χ3n) is 3.98. The summed E-state index contributed by atoms with van der Waals surface area (Å²) in [5, 5.41) is 17.4. The molecule has 0 fully saturated rings. The van der Waals surface area contributed by atoms with Crippen molar-refractivity contribution in [3.63, 3.8) is 0 Å². The molecule has 24 heavy (non-hydrogen) atoms. The first-order valence-electron chi connectivity index (χ1n) is 8.00. The smallest absolute Gasteiger partial charge is 0.258 e. The lowest BCUT2D eigenvalue weighted by atomic mass is 10.1. The molecule has 0 bridgehead atoms. The molecule has 0 saturated heterocycles. The summed E-state index contributed by atoms with van der Waals surface area (Å²) in [5.41, 5.74) is 2.18. The lowest BCUT2D eigenvalue weighted by Gasteiger charge is -2.27. The number of hydrogen-bond donors (Lipinski definition) is 1. The van der Waals surface area contributed by atoms with E-state index in [4.69, 9.17) is 4.52 Å². The van der Waals surface area contributed by atoms with Crippen LogP contribution < -0.4 is 0 Å². The Bertz CT molecular complexity index is 728. The van der Waals surface area contributed by atoms with Crippen LogP contribution in [0.15, 0.2) is 51.7 Å². The fraction of sp³-hybridized carbons (Fsp3) is 0.333. The Labute approximate surface area is 145 Å². The Morgan fingerprint density at radius 2 is 2.04 bits per heavy atom. The molecule has 0 radical (unpaired) electrons. The molecule has 2 heterocycles. The van der Waals surface area contributed by atoms with E-state index in [1.807, 2.05) is 35.0 Å². The first-order chi connectivity index (χ1) is 11.8. The third-order valence-corrected chi connectivity index (χ3v) is 4.66. The molecule has 0 spiro atoms. The van der Waals surface area contributed by atoms with Gasteiger partial charge in [0.1, 0.15) is 0 Å². The summed E-state index contributed by atoms with van der Waals surface area (Å²) in [5.74, 6) is 1.22. The highest BCUT2D eigenvalue weighted by atomic mass is 32.1. The summed E-state index contributed by atoms with van der Waals surface area (Å²) in [6, 6.07) is 12.5. The van der Waals surface area contributed by atoms with Gasteiger partial charge in [0.05, 0.1) is 12.1 Å². The fourth-order valence-corrected chi connectivity index (χ4v) is 3.19. The minimum absolute atomic E-state index is 0.166. The molecule has 0 aliphatic heterocycles. The summed E-state index contributed by atoms with van der Waals surface area (Å²) >= 11 is 1.60. The van der Waals surface area contributed by atoms with Crippen LogP contribution in [0.1, 0.15) is 24.7 Å². The van der Waals surface area contributed by atoms with E-state index in [9.17, 15) is 5.11 Å². The second-order valence-electron chi connectivity index (χ2n) is 5.78. The summed E-state index contributed by atoms with van der Waals surface area (Å²) in [6.45, 7) is 3.64. The van der Waals surface area contributed by atoms with Crippen LogP contribution in [0.3, 0.4) is 0 Å². The summed E-state index contributed by atoms with van der Waals surface area (Å²) < 4.78 is 5.37. The SMILES string of the molecule is CC(CCO)N(Cc1ccccc1)Cc1noc(-c2ccsc2)n1. The number of aliphatic hydroxyl groups excluding tert-OH is 1. The Hall–Kier alpha value is -2.02. The normalized spacial score (nSPS) is 12.6. The largest absolute Gasteiger partial charge is 0.396 e. The van der Waals surface area contributed by atoms with Crippen molar-refractivity contribution in [3.05, 3.63) is 58.5 Å². The molecule has 3 rings (SSSR count). The van der Waals surface area contributed by atoms with E-state index < -0.39 is 0 Å². The second-order valence-corrected chi connectivity index (χ2v) is 6.56. The molecule has 6 heteroatoms. The molecule has 5 nitrogen and oxygen atoms in total. The van der Waals surface area contributed by atoms with Gasteiger partial charge in [-0.2, -0.15) is 16.3 Å². The van der Waals surface area contributed by atoms with Crippen LogP contribution in [0.4, 0.5) is 0 Å². The first kappa shape index (κ1) is 16.8. The van der Waals surface area contributed by atoms with Crippen molar-refractivity contribution in [2.24, 2.45) is 0 Å². The molecule has 1 aromatic carbocycles. The van der Waals surface area contributed by atoms with E-state index in [1.54, 1.807) is 11.3 Å². The minimum Gasteiger partial charge on any atom is -0.396 e. The summed E-state index contributed by atoms with van der Waals surface area (Å²) in [7, 11) is 0. The van der Waals surface area contributed by atoms with Gasteiger partial charge in [0, 0.05) is 24.6 Å². The van der Waals surface area contributed by atoms with Gasteiger partial charge >= 0.3 is 0 Å². The topological polar surface area (TPSA) is 62.4 Å². The van der Waals surface area contributed by atoms with Gasteiger partial charge in [-0.25, -0.2) is 0 Å². The number of benzene rings is 1. The highest BCUT2D eigenvalue weighted by molar-refractivity contribution is 7.08. The highest BCUT2D eigenvalue weighted by Gasteiger charge is 2.18. The van der Waals surface area contributed by atoms with Gasteiger partial charge in [0.2, 0.25) is 0 Å². The highest BCUT2D eigenvalue weighted by Crippen LogP contribution is 2.21. The molecule has 0 amide bonds. The van der Waals surface area contributed by atoms with Crippen LogP contribution in [0, 0.1) is 0 Å². The van der Waals surface area contributed by atoms with E-state index in [-0.39, 0.29) is 12.6 Å². The van der Waals surface area contributed by atoms with Crippen molar-refractivity contribution in [2.45, 2.75) is 32.5 Å². The number of nitrogens with zero attached hydrogens (tertiary/aromatic N) is 3. The van der Waals surface area contributed by atoms with E-state index in [2.05, 4.69) is 34.1 Å². The maximum Gasteiger partial charge on any atom is 0.258 e.